The van der Waals surface area contributed by atoms with Gasteiger partial charge in [0.25, 0.3) is 5.56 Å². The SMILES string of the molecule is CCCCn1c(N)c(N(C)CCC(C)O)c(=O)n(C)c1=O. The van der Waals surface area contributed by atoms with Gasteiger partial charge in [0.05, 0.1) is 6.10 Å². The first-order valence-corrected chi connectivity index (χ1v) is 7.29. The molecule has 0 bridgehead atoms. The van der Waals surface area contributed by atoms with Crippen LogP contribution in [0, 0.1) is 0 Å². The molecule has 0 aromatic carbocycles. The lowest BCUT2D eigenvalue weighted by molar-refractivity contribution is 0.187. The molecule has 1 aromatic rings. The van der Waals surface area contributed by atoms with Gasteiger partial charge in [0.1, 0.15) is 11.5 Å². The highest BCUT2D eigenvalue weighted by Crippen LogP contribution is 2.16. The third-order valence-electron chi connectivity index (χ3n) is 3.56. The lowest BCUT2D eigenvalue weighted by atomic mass is 10.2. The fourth-order valence-corrected chi connectivity index (χ4v) is 2.15. The van der Waals surface area contributed by atoms with Crippen LogP contribution in [-0.2, 0) is 13.6 Å². The van der Waals surface area contributed by atoms with E-state index in [0.29, 0.717) is 25.2 Å². The van der Waals surface area contributed by atoms with Crippen molar-refractivity contribution in [1.82, 2.24) is 9.13 Å². The molecule has 1 rings (SSSR count). The number of hydrogen-bond acceptors (Lipinski definition) is 5. The van der Waals surface area contributed by atoms with Crippen molar-refractivity contribution in [3.63, 3.8) is 0 Å². The van der Waals surface area contributed by atoms with Gasteiger partial charge in [-0.15, -0.1) is 0 Å². The quantitative estimate of drug-likeness (QED) is 0.746. The summed E-state index contributed by atoms with van der Waals surface area (Å²) in [5, 5.41) is 9.36. The molecule has 0 fully saturated rings. The van der Waals surface area contributed by atoms with Gasteiger partial charge in [-0.05, 0) is 19.8 Å². The van der Waals surface area contributed by atoms with Gasteiger partial charge in [0, 0.05) is 27.2 Å². The molecule has 120 valence electrons. The predicted octanol–water partition coefficient (Wildman–Crippen LogP) is 0.136. The fourth-order valence-electron chi connectivity index (χ4n) is 2.15. The standard InChI is InChI=1S/C14H26N4O3/c1-5-6-8-18-12(15)11(13(20)17(4)14(18)21)16(3)9-7-10(2)19/h10,19H,5-9,15H2,1-4H3. The number of unbranched alkanes of at least 4 members (excludes halogenated alkanes) is 1. The molecule has 0 amide bonds. The number of hydrogen-bond donors (Lipinski definition) is 2. The van der Waals surface area contributed by atoms with Crippen molar-refractivity contribution in [2.24, 2.45) is 7.05 Å². The molecule has 1 unspecified atom stereocenters. The summed E-state index contributed by atoms with van der Waals surface area (Å²) in [6.07, 6.45) is 1.82. The Morgan fingerprint density at radius 3 is 2.52 bits per heavy atom. The van der Waals surface area contributed by atoms with Crippen LogP contribution in [0.1, 0.15) is 33.1 Å². The normalized spacial score (nSPS) is 12.4. The number of rotatable bonds is 7. The van der Waals surface area contributed by atoms with E-state index in [1.165, 1.54) is 11.6 Å². The van der Waals surface area contributed by atoms with Crippen molar-refractivity contribution in [1.29, 1.82) is 0 Å². The van der Waals surface area contributed by atoms with Crippen LogP contribution in [0.4, 0.5) is 11.5 Å². The first-order valence-electron chi connectivity index (χ1n) is 7.29. The second kappa shape index (κ2) is 7.31. The van der Waals surface area contributed by atoms with Crippen LogP contribution in [0.2, 0.25) is 0 Å². The maximum Gasteiger partial charge on any atom is 0.332 e. The van der Waals surface area contributed by atoms with Crippen molar-refractivity contribution in [2.75, 3.05) is 24.2 Å². The van der Waals surface area contributed by atoms with Crippen LogP contribution in [0.5, 0.6) is 0 Å². The molecule has 7 heteroatoms. The number of aliphatic hydroxyl groups excluding tert-OH is 1. The Bertz CT molecular complexity index is 589. The van der Waals surface area contributed by atoms with Crippen LogP contribution < -0.4 is 21.9 Å². The van der Waals surface area contributed by atoms with E-state index in [9.17, 15) is 14.7 Å². The minimum absolute atomic E-state index is 0.199. The van der Waals surface area contributed by atoms with Crippen molar-refractivity contribution in [3.8, 4) is 0 Å². The monoisotopic (exact) mass is 298 g/mol. The lowest BCUT2D eigenvalue weighted by Gasteiger charge is -2.23. The van der Waals surface area contributed by atoms with E-state index >= 15 is 0 Å². The minimum Gasteiger partial charge on any atom is -0.393 e. The molecule has 0 saturated heterocycles. The molecule has 1 heterocycles. The maximum absolute atomic E-state index is 12.3. The average Bonchev–Trinajstić information content (AvgIpc) is 2.43. The van der Waals surface area contributed by atoms with E-state index < -0.39 is 17.4 Å². The summed E-state index contributed by atoms with van der Waals surface area (Å²) in [6, 6.07) is 0. The third-order valence-corrected chi connectivity index (χ3v) is 3.56. The van der Waals surface area contributed by atoms with E-state index in [1.807, 2.05) is 6.92 Å². The summed E-state index contributed by atoms with van der Waals surface area (Å²) < 4.78 is 2.53. The molecular formula is C14H26N4O3. The highest BCUT2D eigenvalue weighted by molar-refractivity contribution is 5.62. The molecule has 21 heavy (non-hydrogen) atoms. The van der Waals surface area contributed by atoms with E-state index in [4.69, 9.17) is 5.73 Å². The van der Waals surface area contributed by atoms with Gasteiger partial charge in [0.2, 0.25) is 0 Å². The summed E-state index contributed by atoms with van der Waals surface area (Å²) in [5.41, 5.74) is 5.57. The summed E-state index contributed by atoms with van der Waals surface area (Å²) in [5.74, 6) is 0.199. The maximum atomic E-state index is 12.3. The summed E-state index contributed by atoms with van der Waals surface area (Å²) in [4.78, 5) is 26.1. The van der Waals surface area contributed by atoms with Crippen molar-refractivity contribution in [2.45, 2.75) is 45.8 Å². The van der Waals surface area contributed by atoms with E-state index in [2.05, 4.69) is 0 Å². The Kier molecular flexibility index (Phi) is 6.02. The molecule has 1 aromatic heterocycles. The molecule has 1 atom stereocenters. The summed E-state index contributed by atoms with van der Waals surface area (Å²) >= 11 is 0. The molecule has 0 aliphatic heterocycles. The van der Waals surface area contributed by atoms with Gasteiger partial charge < -0.3 is 15.7 Å². The summed E-state index contributed by atoms with van der Waals surface area (Å²) in [7, 11) is 3.20. The molecule has 3 N–H and O–H groups in total. The second-order valence-corrected chi connectivity index (χ2v) is 5.45. The Morgan fingerprint density at radius 1 is 1.38 bits per heavy atom. The smallest absolute Gasteiger partial charge is 0.332 e. The van der Waals surface area contributed by atoms with Crippen LogP contribution in [0.3, 0.4) is 0 Å². The molecule has 0 aliphatic carbocycles. The Balaban J connectivity index is 3.28. The largest absolute Gasteiger partial charge is 0.393 e. The van der Waals surface area contributed by atoms with E-state index in [1.54, 1.807) is 18.9 Å². The summed E-state index contributed by atoms with van der Waals surface area (Å²) in [6.45, 7) is 4.70. The lowest BCUT2D eigenvalue weighted by Crippen LogP contribution is -2.43. The van der Waals surface area contributed by atoms with E-state index in [0.717, 1.165) is 17.4 Å². The predicted molar refractivity (Wildman–Crippen MR) is 84.8 cm³/mol. The first kappa shape index (κ1) is 17.3. The Labute approximate surface area is 124 Å². The molecule has 0 aliphatic rings. The molecular weight excluding hydrogens is 272 g/mol. The number of aliphatic hydroxyl groups is 1. The Hall–Kier alpha value is -1.76. The highest BCUT2D eigenvalue weighted by atomic mass is 16.3. The zero-order chi connectivity index (χ0) is 16.2. The van der Waals surface area contributed by atoms with Crippen LogP contribution >= 0.6 is 0 Å². The Morgan fingerprint density at radius 2 is 2.00 bits per heavy atom. The van der Waals surface area contributed by atoms with Gasteiger partial charge >= 0.3 is 5.69 Å². The van der Waals surface area contributed by atoms with Crippen molar-refractivity contribution < 1.29 is 5.11 Å². The average molecular weight is 298 g/mol. The van der Waals surface area contributed by atoms with Crippen LogP contribution in [-0.4, -0.2) is 33.9 Å². The van der Waals surface area contributed by atoms with Crippen molar-refractivity contribution in [3.05, 3.63) is 20.8 Å². The number of aromatic nitrogens is 2. The zero-order valence-corrected chi connectivity index (χ0v) is 13.3. The molecule has 0 saturated carbocycles. The third kappa shape index (κ3) is 3.87. The molecule has 7 nitrogen and oxygen atoms in total. The van der Waals surface area contributed by atoms with Gasteiger partial charge in [-0.3, -0.25) is 13.9 Å². The van der Waals surface area contributed by atoms with Gasteiger partial charge in [-0.25, -0.2) is 4.79 Å². The topological polar surface area (TPSA) is 93.5 Å². The highest BCUT2D eigenvalue weighted by Gasteiger charge is 2.18. The van der Waals surface area contributed by atoms with Crippen LogP contribution in [0.25, 0.3) is 0 Å². The fraction of sp³-hybridized carbons (Fsp3) is 0.714. The van der Waals surface area contributed by atoms with Gasteiger partial charge in [0.15, 0.2) is 0 Å². The zero-order valence-electron chi connectivity index (χ0n) is 13.3. The van der Waals surface area contributed by atoms with Crippen LogP contribution in [0.15, 0.2) is 9.59 Å². The molecule has 0 spiro atoms. The van der Waals surface area contributed by atoms with E-state index in [-0.39, 0.29) is 5.82 Å². The number of anilines is 2. The number of nitrogens with zero attached hydrogens (tertiary/aromatic N) is 3. The van der Waals surface area contributed by atoms with Gasteiger partial charge in [-0.2, -0.15) is 0 Å². The van der Waals surface area contributed by atoms with Crippen molar-refractivity contribution >= 4 is 11.5 Å². The number of nitrogen functional groups attached to an aromatic ring is 1. The number of nitrogens with two attached hydrogens (primary N) is 1. The van der Waals surface area contributed by atoms with Gasteiger partial charge in [-0.1, -0.05) is 13.3 Å². The second-order valence-electron chi connectivity index (χ2n) is 5.45. The first-order chi connectivity index (χ1) is 9.81. The minimum atomic E-state index is -0.455. The molecule has 0 radical (unpaired) electrons.